The number of aromatic nitrogens is 3. The lowest BCUT2D eigenvalue weighted by molar-refractivity contribution is 0.315. The molecule has 0 radical (unpaired) electrons. The molecule has 0 saturated carbocycles. The Bertz CT molecular complexity index is 1150. The van der Waals surface area contributed by atoms with E-state index in [2.05, 4.69) is 39.5 Å². The molecule has 5 rings (SSSR count). The topological polar surface area (TPSA) is 89.2 Å². The molecule has 2 atom stereocenters. The highest BCUT2D eigenvalue weighted by Crippen LogP contribution is 2.27. The number of rotatable bonds is 5. The zero-order chi connectivity index (χ0) is 22.1. The van der Waals surface area contributed by atoms with Crippen molar-refractivity contribution in [1.82, 2.24) is 25.2 Å². The predicted molar refractivity (Wildman–Crippen MR) is 129 cm³/mol. The highest BCUT2D eigenvalue weighted by atomic mass is 16.1. The number of hydrogen-bond donors (Lipinski definition) is 3. The number of nitrogens with one attached hydrogen (secondary N) is 3. The third kappa shape index (κ3) is 4.20. The first-order valence-electron chi connectivity index (χ1n) is 11.5. The number of fused-ring (bicyclic) bond motifs is 1. The molecule has 0 aliphatic carbocycles. The Morgan fingerprint density at radius 2 is 2.00 bits per heavy atom. The van der Waals surface area contributed by atoms with Gasteiger partial charge in [0.15, 0.2) is 0 Å². The van der Waals surface area contributed by atoms with E-state index in [1.165, 1.54) is 0 Å². The fourth-order valence-corrected chi connectivity index (χ4v) is 4.68. The van der Waals surface area contributed by atoms with Crippen molar-refractivity contribution in [2.45, 2.75) is 31.3 Å². The monoisotopic (exact) mass is 433 g/mol. The van der Waals surface area contributed by atoms with E-state index in [0.29, 0.717) is 29.1 Å². The first-order chi connectivity index (χ1) is 15.6. The van der Waals surface area contributed by atoms with Crippen LogP contribution in [0.5, 0.6) is 0 Å². The summed E-state index contributed by atoms with van der Waals surface area (Å²) in [5, 5.41) is 8.05. The number of para-hydroxylation sites is 1. The second-order valence-electron chi connectivity index (χ2n) is 9.04. The fourth-order valence-electron chi connectivity index (χ4n) is 4.68. The summed E-state index contributed by atoms with van der Waals surface area (Å²) in [5.74, 6) is 1.25. The largest absolute Gasteiger partial charge is 0.365 e. The van der Waals surface area contributed by atoms with E-state index >= 15 is 0 Å². The molecule has 2 aliphatic rings. The Kier molecular flexibility index (Phi) is 5.80. The third-order valence-electron chi connectivity index (χ3n) is 6.59. The Hall–Kier alpha value is -2.97. The van der Waals surface area contributed by atoms with Crippen LogP contribution in [-0.4, -0.2) is 72.2 Å². The molecule has 2 unspecified atom stereocenters. The van der Waals surface area contributed by atoms with Gasteiger partial charge in [-0.15, -0.1) is 0 Å². The lowest BCUT2D eigenvalue weighted by atomic mass is 10.1. The SMILES string of the molecule is CN(C)C1CCN(c2nc(NC3CCCNC3)c(-c3ccc4ccccc4n3)c(=O)[nH]2)C1. The van der Waals surface area contributed by atoms with Crippen molar-refractivity contribution >= 4 is 22.7 Å². The molecule has 2 aliphatic heterocycles. The second kappa shape index (κ2) is 8.88. The van der Waals surface area contributed by atoms with E-state index in [0.717, 1.165) is 56.3 Å². The van der Waals surface area contributed by atoms with Crippen molar-refractivity contribution in [3.05, 3.63) is 46.8 Å². The second-order valence-corrected chi connectivity index (χ2v) is 9.04. The van der Waals surface area contributed by atoms with Crippen molar-refractivity contribution in [2.24, 2.45) is 0 Å². The van der Waals surface area contributed by atoms with E-state index in [4.69, 9.17) is 9.97 Å². The molecule has 8 heteroatoms. The number of benzene rings is 1. The smallest absolute Gasteiger partial charge is 0.263 e. The van der Waals surface area contributed by atoms with Gasteiger partial charge in [-0.2, -0.15) is 4.98 Å². The third-order valence-corrected chi connectivity index (χ3v) is 6.59. The minimum Gasteiger partial charge on any atom is -0.365 e. The summed E-state index contributed by atoms with van der Waals surface area (Å²) >= 11 is 0. The number of anilines is 2. The molecule has 2 aromatic heterocycles. The van der Waals surface area contributed by atoms with Gasteiger partial charge in [0, 0.05) is 37.1 Å². The average molecular weight is 434 g/mol. The van der Waals surface area contributed by atoms with Gasteiger partial charge in [0.2, 0.25) is 5.95 Å². The standard InChI is InChI=1S/C24H31N7O/c1-30(2)18-11-13-31(15-18)24-28-22(26-17-7-5-12-25-14-17)21(23(32)29-24)20-10-9-16-6-3-4-8-19(16)27-20/h3-4,6,8-10,17-18,25H,5,7,11-15H2,1-2H3,(H2,26,28,29,32). The Labute approximate surface area is 188 Å². The minimum absolute atomic E-state index is 0.155. The van der Waals surface area contributed by atoms with Crippen molar-refractivity contribution in [3.8, 4) is 11.3 Å². The first-order valence-corrected chi connectivity index (χ1v) is 11.5. The molecule has 168 valence electrons. The molecule has 3 aromatic rings. The van der Waals surface area contributed by atoms with Crippen LogP contribution < -0.4 is 21.1 Å². The number of aromatic amines is 1. The first kappa shape index (κ1) is 20.9. The van der Waals surface area contributed by atoms with E-state index < -0.39 is 0 Å². The van der Waals surface area contributed by atoms with Gasteiger partial charge in [-0.25, -0.2) is 4.98 Å². The molecule has 32 heavy (non-hydrogen) atoms. The molecule has 2 fully saturated rings. The normalized spacial score (nSPS) is 21.4. The van der Waals surface area contributed by atoms with E-state index in [-0.39, 0.29) is 11.6 Å². The van der Waals surface area contributed by atoms with Crippen LogP contribution in [0.4, 0.5) is 11.8 Å². The van der Waals surface area contributed by atoms with Crippen LogP contribution in [0.1, 0.15) is 19.3 Å². The molecule has 0 bridgehead atoms. The zero-order valence-electron chi connectivity index (χ0n) is 18.8. The summed E-state index contributed by atoms with van der Waals surface area (Å²) in [6.45, 7) is 3.63. The van der Waals surface area contributed by atoms with E-state index in [9.17, 15) is 4.79 Å². The van der Waals surface area contributed by atoms with Crippen LogP contribution >= 0.6 is 0 Å². The molecule has 3 N–H and O–H groups in total. The maximum absolute atomic E-state index is 13.4. The molecule has 1 aromatic carbocycles. The Morgan fingerprint density at radius 1 is 1.12 bits per heavy atom. The van der Waals surface area contributed by atoms with Gasteiger partial charge >= 0.3 is 0 Å². The summed E-state index contributed by atoms with van der Waals surface area (Å²) in [6.07, 6.45) is 3.21. The quantitative estimate of drug-likeness (QED) is 0.569. The van der Waals surface area contributed by atoms with Crippen LogP contribution in [0, 0.1) is 0 Å². The molecular formula is C24H31N7O. The van der Waals surface area contributed by atoms with Gasteiger partial charge in [-0.3, -0.25) is 9.78 Å². The van der Waals surface area contributed by atoms with Gasteiger partial charge < -0.3 is 20.4 Å². The van der Waals surface area contributed by atoms with Crippen LogP contribution in [0.15, 0.2) is 41.2 Å². The highest BCUT2D eigenvalue weighted by molar-refractivity contribution is 5.83. The number of piperidine rings is 1. The maximum atomic E-state index is 13.4. The molecule has 4 heterocycles. The van der Waals surface area contributed by atoms with Crippen molar-refractivity contribution < 1.29 is 0 Å². The molecule has 0 spiro atoms. The predicted octanol–water partition coefficient (Wildman–Crippen LogP) is 2.29. The summed E-state index contributed by atoms with van der Waals surface area (Å²) in [4.78, 5) is 30.6. The van der Waals surface area contributed by atoms with Crippen LogP contribution in [-0.2, 0) is 0 Å². The number of pyridine rings is 1. The van der Waals surface area contributed by atoms with Gasteiger partial charge in [0.05, 0.1) is 11.2 Å². The fraction of sp³-hybridized carbons (Fsp3) is 0.458. The Morgan fingerprint density at radius 3 is 2.78 bits per heavy atom. The van der Waals surface area contributed by atoms with E-state index in [1.54, 1.807) is 0 Å². The number of hydrogen-bond acceptors (Lipinski definition) is 7. The zero-order valence-corrected chi connectivity index (χ0v) is 18.8. The minimum atomic E-state index is -0.155. The van der Waals surface area contributed by atoms with Crippen molar-refractivity contribution in [3.63, 3.8) is 0 Å². The van der Waals surface area contributed by atoms with Gasteiger partial charge in [0.1, 0.15) is 11.4 Å². The lowest BCUT2D eigenvalue weighted by Gasteiger charge is -2.26. The van der Waals surface area contributed by atoms with Crippen LogP contribution in [0.2, 0.25) is 0 Å². The van der Waals surface area contributed by atoms with Gasteiger partial charge in [0.25, 0.3) is 5.56 Å². The van der Waals surface area contributed by atoms with Gasteiger partial charge in [-0.1, -0.05) is 24.3 Å². The number of likely N-dealkylation sites (N-methyl/N-ethyl adjacent to an activating group) is 1. The molecular weight excluding hydrogens is 402 g/mol. The summed E-state index contributed by atoms with van der Waals surface area (Å²) in [7, 11) is 4.20. The highest BCUT2D eigenvalue weighted by Gasteiger charge is 2.27. The van der Waals surface area contributed by atoms with Crippen molar-refractivity contribution in [1.29, 1.82) is 0 Å². The maximum Gasteiger partial charge on any atom is 0.263 e. The number of H-pyrrole nitrogens is 1. The van der Waals surface area contributed by atoms with Gasteiger partial charge in [-0.05, 0) is 52.0 Å². The molecule has 0 amide bonds. The van der Waals surface area contributed by atoms with Crippen LogP contribution in [0.3, 0.4) is 0 Å². The summed E-state index contributed by atoms with van der Waals surface area (Å²) < 4.78 is 0. The summed E-state index contributed by atoms with van der Waals surface area (Å²) in [5.41, 5.74) is 1.86. The molecule has 8 nitrogen and oxygen atoms in total. The molecule has 2 saturated heterocycles. The summed E-state index contributed by atoms with van der Waals surface area (Å²) in [6, 6.07) is 12.6. The lowest BCUT2D eigenvalue weighted by Crippen LogP contribution is -2.39. The van der Waals surface area contributed by atoms with Crippen molar-refractivity contribution in [2.75, 3.05) is 50.5 Å². The van der Waals surface area contributed by atoms with Crippen LogP contribution in [0.25, 0.3) is 22.2 Å². The number of nitrogens with zero attached hydrogens (tertiary/aromatic N) is 4. The Balaban J connectivity index is 1.55. The van der Waals surface area contributed by atoms with E-state index in [1.807, 2.05) is 36.4 Å². The average Bonchev–Trinajstić information content (AvgIpc) is 3.30.